The molecule has 0 aliphatic heterocycles. The minimum atomic E-state index is 0.240. The van der Waals surface area contributed by atoms with E-state index >= 15 is 0 Å². The fourth-order valence-electron chi connectivity index (χ4n) is 3.99. The quantitative estimate of drug-likeness (QED) is 0.888. The van der Waals surface area contributed by atoms with Crippen molar-refractivity contribution in [2.45, 2.75) is 69.9 Å². The lowest BCUT2D eigenvalue weighted by molar-refractivity contribution is 0.410. The molecule has 3 N–H and O–H groups in total. The van der Waals surface area contributed by atoms with Crippen LogP contribution in [-0.2, 0) is 11.8 Å². The minimum absolute atomic E-state index is 0.240. The van der Waals surface area contributed by atoms with E-state index in [1.165, 1.54) is 28.7 Å². The van der Waals surface area contributed by atoms with E-state index in [1.54, 1.807) is 6.33 Å². The molecule has 2 aromatic heterocycles. The predicted molar refractivity (Wildman–Crippen MR) is 92.6 cm³/mol. The average Bonchev–Trinajstić information content (AvgIpc) is 3.00. The second-order valence-electron chi connectivity index (χ2n) is 7.44. The van der Waals surface area contributed by atoms with Gasteiger partial charge in [-0.2, -0.15) is 0 Å². The van der Waals surface area contributed by atoms with Crippen LogP contribution in [-0.4, -0.2) is 22.1 Å². The molecule has 4 rings (SSSR count). The number of fused-ring (bicyclic) bond motifs is 3. The van der Waals surface area contributed by atoms with E-state index in [4.69, 9.17) is 5.73 Å². The number of anilines is 1. The Labute approximate surface area is 135 Å². The summed E-state index contributed by atoms with van der Waals surface area (Å²) in [5, 5.41) is 4.98. The highest BCUT2D eigenvalue weighted by atomic mass is 32.1. The fraction of sp³-hybridized carbons (Fsp3) is 0.647. The zero-order chi connectivity index (χ0) is 15.3. The molecule has 4 nitrogen and oxygen atoms in total. The van der Waals surface area contributed by atoms with E-state index in [0.717, 1.165) is 36.3 Å². The molecule has 22 heavy (non-hydrogen) atoms. The van der Waals surface area contributed by atoms with Gasteiger partial charge in [-0.05, 0) is 49.5 Å². The van der Waals surface area contributed by atoms with Gasteiger partial charge in [0.05, 0.1) is 5.39 Å². The number of nitrogens with one attached hydrogen (secondary N) is 1. The van der Waals surface area contributed by atoms with Crippen molar-refractivity contribution in [3.8, 4) is 0 Å². The van der Waals surface area contributed by atoms with Gasteiger partial charge in [-0.25, -0.2) is 9.97 Å². The van der Waals surface area contributed by atoms with E-state index < -0.39 is 0 Å². The van der Waals surface area contributed by atoms with Gasteiger partial charge in [0.1, 0.15) is 17.0 Å². The van der Waals surface area contributed by atoms with Gasteiger partial charge in [0.25, 0.3) is 0 Å². The molecule has 5 heteroatoms. The zero-order valence-corrected chi connectivity index (χ0v) is 14.2. The molecule has 2 aliphatic rings. The molecule has 1 fully saturated rings. The molecule has 0 atom stereocenters. The summed E-state index contributed by atoms with van der Waals surface area (Å²) in [4.78, 5) is 11.8. The van der Waals surface area contributed by atoms with E-state index in [1.807, 2.05) is 11.3 Å². The Morgan fingerprint density at radius 2 is 2.00 bits per heavy atom. The highest BCUT2D eigenvalue weighted by Crippen LogP contribution is 2.48. The Morgan fingerprint density at radius 3 is 2.77 bits per heavy atom. The number of thiophene rings is 1. The summed E-state index contributed by atoms with van der Waals surface area (Å²) in [7, 11) is 0. The standard InChI is InChI=1S/C17H24N4S/c1-17(2)8-7-12-14(17)13-15(19-9-20-16(13)22-12)21-11-5-3-10(18)4-6-11/h9-11H,3-8,18H2,1-2H3,(H,19,20,21)/t10-,11-. The summed E-state index contributed by atoms with van der Waals surface area (Å²) >= 11 is 1.85. The third-order valence-electron chi connectivity index (χ3n) is 5.33. The summed E-state index contributed by atoms with van der Waals surface area (Å²) in [6, 6.07) is 0.880. The van der Waals surface area contributed by atoms with Crippen LogP contribution in [0, 0.1) is 0 Å². The fourth-order valence-corrected chi connectivity index (χ4v) is 5.31. The summed E-state index contributed by atoms with van der Waals surface area (Å²) in [6.07, 6.45) is 8.62. The number of hydrogen-bond acceptors (Lipinski definition) is 5. The molecule has 118 valence electrons. The largest absolute Gasteiger partial charge is 0.367 e. The normalized spacial score (nSPS) is 27.0. The molecule has 0 spiro atoms. The molecular formula is C17H24N4S. The maximum absolute atomic E-state index is 6.02. The Balaban J connectivity index is 1.72. The number of rotatable bonds is 2. The van der Waals surface area contributed by atoms with Crippen molar-refractivity contribution in [2.24, 2.45) is 5.73 Å². The van der Waals surface area contributed by atoms with Gasteiger partial charge in [-0.15, -0.1) is 11.3 Å². The first-order valence-corrected chi connectivity index (χ1v) is 9.15. The molecule has 1 saturated carbocycles. The van der Waals surface area contributed by atoms with Gasteiger partial charge < -0.3 is 11.1 Å². The summed E-state index contributed by atoms with van der Waals surface area (Å²) in [5.74, 6) is 1.04. The second kappa shape index (κ2) is 5.17. The van der Waals surface area contributed by atoms with Crippen LogP contribution < -0.4 is 11.1 Å². The van der Waals surface area contributed by atoms with Crippen LogP contribution in [0.25, 0.3) is 10.2 Å². The zero-order valence-electron chi connectivity index (χ0n) is 13.4. The lowest BCUT2D eigenvalue weighted by atomic mass is 9.86. The number of nitrogens with two attached hydrogens (primary N) is 1. The van der Waals surface area contributed by atoms with Crippen molar-refractivity contribution in [3.05, 3.63) is 16.8 Å². The first kappa shape index (κ1) is 14.4. The van der Waals surface area contributed by atoms with Crippen LogP contribution in [0.15, 0.2) is 6.33 Å². The lowest BCUT2D eigenvalue weighted by Gasteiger charge is -2.28. The SMILES string of the molecule is CC1(C)CCc2sc3ncnc(N[C@H]4CC[C@H](N)CC4)c3c21. The van der Waals surface area contributed by atoms with Gasteiger partial charge >= 0.3 is 0 Å². The van der Waals surface area contributed by atoms with Crippen LogP contribution >= 0.6 is 11.3 Å². The van der Waals surface area contributed by atoms with Crippen molar-refractivity contribution in [1.29, 1.82) is 0 Å². The van der Waals surface area contributed by atoms with Gasteiger partial charge in [0, 0.05) is 17.0 Å². The van der Waals surface area contributed by atoms with Crippen molar-refractivity contribution in [2.75, 3.05) is 5.32 Å². The van der Waals surface area contributed by atoms with E-state index in [2.05, 4.69) is 29.1 Å². The van der Waals surface area contributed by atoms with Crippen LogP contribution in [0.4, 0.5) is 5.82 Å². The molecule has 2 aromatic rings. The molecule has 2 heterocycles. The molecule has 0 amide bonds. The van der Waals surface area contributed by atoms with Crippen molar-refractivity contribution >= 4 is 27.4 Å². The highest BCUT2D eigenvalue weighted by Gasteiger charge is 2.35. The van der Waals surface area contributed by atoms with Crippen molar-refractivity contribution in [3.63, 3.8) is 0 Å². The molecule has 0 saturated heterocycles. The highest BCUT2D eigenvalue weighted by molar-refractivity contribution is 7.19. The number of hydrogen-bond donors (Lipinski definition) is 2. The maximum Gasteiger partial charge on any atom is 0.138 e. The number of nitrogens with zero attached hydrogens (tertiary/aromatic N) is 2. The minimum Gasteiger partial charge on any atom is -0.367 e. The van der Waals surface area contributed by atoms with Gasteiger partial charge in [0.2, 0.25) is 0 Å². The maximum atomic E-state index is 6.02. The average molecular weight is 316 g/mol. The van der Waals surface area contributed by atoms with Crippen molar-refractivity contribution < 1.29 is 0 Å². The Hall–Kier alpha value is -1.20. The van der Waals surface area contributed by atoms with Gasteiger partial charge in [-0.3, -0.25) is 0 Å². The number of aromatic nitrogens is 2. The van der Waals surface area contributed by atoms with Crippen LogP contribution in [0.3, 0.4) is 0 Å². The summed E-state index contributed by atoms with van der Waals surface area (Å²) in [6.45, 7) is 4.70. The van der Waals surface area contributed by atoms with Crippen LogP contribution in [0.2, 0.25) is 0 Å². The molecule has 0 radical (unpaired) electrons. The topological polar surface area (TPSA) is 63.8 Å². The van der Waals surface area contributed by atoms with E-state index in [9.17, 15) is 0 Å². The van der Waals surface area contributed by atoms with E-state index in [0.29, 0.717) is 12.1 Å². The third kappa shape index (κ3) is 2.31. The third-order valence-corrected chi connectivity index (χ3v) is 6.49. The summed E-state index contributed by atoms with van der Waals surface area (Å²) in [5.41, 5.74) is 7.75. The smallest absolute Gasteiger partial charge is 0.138 e. The monoisotopic (exact) mass is 316 g/mol. The molecule has 2 aliphatic carbocycles. The summed E-state index contributed by atoms with van der Waals surface area (Å²) < 4.78 is 0. The molecular weight excluding hydrogens is 292 g/mol. The van der Waals surface area contributed by atoms with Crippen LogP contribution in [0.5, 0.6) is 0 Å². The molecule has 0 bridgehead atoms. The second-order valence-corrected chi connectivity index (χ2v) is 8.53. The molecule has 0 aromatic carbocycles. The lowest BCUT2D eigenvalue weighted by Crippen LogP contribution is -2.33. The van der Waals surface area contributed by atoms with Gasteiger partial charge in [-0.1, -0.05) is 13.8 Å². The molecule has 0 unspecified atom stereocenters. The van der Waals surface area contributed by atoms with Crippen molar-refractivity contribution in [1.82, 2.24) is 9.97 Å². The Morgan fingerprint density at radius 1 is 1.23 bits per heavy atom. The van der Waals surface area contributed by atoms with Gasteiger partial charge in [0.15, 0.2) is 0 Å². The Bertz CT molecular complexity index is 698. The number of aryl methyl sites for hydroxylation is 1. The van der Waals surface area contributed by atoms with E-state index in [-0.39, 0.29) is 5.41 Å². The van der Waals surface area contributed by atoms with Crippen LogP contribution in [0.1, 0.15) is 56.4 Å². The predicted octanol–water partition coefficient (Wildman–Crippen LogP) is 3.60. The first-order chi connectivity index (χ1) is 10.5. The Kier molecular flexibility index (Phi) is 3.38. The first-order valence-electron chi connectivity index (χ1n) is 8.33.